The third kappa shape index (κ3) is 2.41. The minimum absolute atomic E-state index is 0.104. The van der Waals surface area contributed by atoms with E-state index in [0.717, 1.165) is 0 Å². The largest absolute Gasteiger partial charge is 0.388 e. The predicted octanol–water partition coefficient (Wildman–Crippen LogP) is -0.0428. The zero-order valence-corrected chi connectivity index (χ0v) is 11.5. The number of nitrogens with zero attached hydrogens (tertiary/aromatic N) is 2. The summed E-state index contributed by atoms with van der Waals surface area (Å²) in [5.74, 6) is -0.662. The van der Waals surface area contributed by atoms with Crippen LogP contribution in [0, 0.1) is 0 Å². The predicted molar refractivity (Wildman–Crippen MR) is 74.7 cm³/mol. The van der Waals surface area contributed by atoms with E-state index in [4.69, 9.17) is 18.0 Å². The first-order valence-electron chi connectivity index (χ1n) is 5.70. The number of nitrogens with one attached hydrogen (secondary N) is 1. The van der Waals surface area contributed by atoms with Gasteiger partial charge in [0.1, 0.15) is 10.5 Å². The third-order valence-corrected chi connectivity index (χ3v) is 3.31. The summed E-state index contributed by atoms with van der Waals surface area (Å²) in [6.07, 6.45) is 1.56. The number of piperazine rings is 1. The molecular weight excluding hydrogens is 264 g/mol. The number of nitrogens with two attached hydrogens (primary N) is 1. The van der Waals surface area contributed by atoms with Gasteiger partial charge in [-0.1, -0.05) is 12.2 Å². The van der Waals surface area contributed by atoms with Crippen LogP contribution in [0.1, 0.15) is 19.5 Å². The van der Waals surface area contributed by atoms with Gasteiger partial charge in [0.05, 0.1) is 24.1 Å². The summed E-state index contributed by atoms with van der Waals surface area (Å²) >= 11 is 4.83. The number of rotatable bonds is 2. The van der Waals surface area contributed by atoms with Crippen molar-refractivity contribution in [3.63, 3.8) is 0 Å². The number of amides is 2. The van der Waals surface area contributed by atoms with Gasteiger partial charge in [0.15, 0.2) is 0 Å². The highest BCUT2D eigenvalue weighted by Gasteiger charge is 2.41. The first-order chi connectivity index (χ1) is 8.82. The Bertz CT molecular complexity index is 553. The number of thiocarbonyl (C=S) groups is 1. The lowest BCUT2D eigenvalue weighted by atomic mass is 9.98. The lowest BCUT2D eigenvalue weighted by molar-refractivity contribution is -0.135. The van der Waals surface area contributed by atoms with Crippen molar-refractivity contribution in [2.24, 2.45) is 5.73 Å². The molecule has 0 aliphatic carbocycles. The van der Waals surface area contributed by atoms with Crippen molar-refractivity contribution >= 4 is 34.7 Å². The molecule has 2 heterocycles. The molecule has 0 aromatic carbocycles. The molecule has 0 bridgehead atoms. The van der Waals surface area contributed by atoms with Crippen molar-refractivity contribution in [3.05, 3.63) is 24.0 Å². The highest BCUT2D eigenvalue weighted by atomic mass is 32.1. The zero-order valence-electron chi connectivity index (χ0n) is 10.6. The van der Waals surface area contributed by atoms with Gasteiger partial charge in [-0.3, -0.25) is 19.9 Å². The van der Waals surface area contributed by atoms with E-state index in [1.165, 1.54) is 0 Å². The molecule has 1 aliphatic rings. The smallest absolute Gasteiger partial charge is 0.251 e. The van der Waals surface area contributed by atoms with E-state index in [-0.39, 0.29) is 23.3 Å². The Morgan fingerprint density at radius 2 is 2.16 bits per heavy atom. The number of carbonyl (C=O) groups excluding carboxylic acids is 2. The molecule has 0 radical (unpaired) electrons. The number of hydrogen-bond donors (Lipinski definition) is 2. The summed E-state index contributed by atoms with van der Waals surface area (Å²) in [5.41, 5.74) is 5.84. The van der Waals surface area contributed by atoms with Gasteiger partial charge in [0, 0.05) is 0 Å². The Hall–Kier alpha value is -2.02. The lowest BCUT2D eigenvalue weighted by Crippen LogP contribution is -2.64. The minimum atomic E-state index is -0.819. The molecule has 2 rings (SSSR count). The fraction of sp³-hybridized carbons (Fsp3) is 0.333. The Kier molecular flexibility index (Phi) is 3.23. The van der Waals surface area contributed by atoms with Gasteiger partial charge in [-0.25, -0.2) is 0 Å². The summed E-state index contributed by atoms with van der Waals surface area (Å²) < 4.78 is 0. The molecule has 19 heavy (non-hydrogen) atoms. The summed E-state index contributed by atoms with van der Waals surface area (Å²) in [5, 5.41) is 2.32. The standard InChI is InChI=1S/C12H14N4O2S/c1-12(2)11(18)15-9(17)6-16(12)7-3-4-8(10(13)19)14-5-7/h3-5H,6H2,1-2H3,(H2,13,19)(H,15,17,18). The van der Waals surface area contributed by atoms with E-state index >= 15 is 0 Å². The fourth-order valence-electron chi connectivity index (χ4n) is 1.89. The molecule has 0 spiro atoms. The minimum Gasteiger partial charge on any atom is -0.388 e. The molecule has 1 fully saturated rings. The highest BCUT2D eigenvalue weighted by Crippen LogP contribution is 2.25. The molecule has 0 atom stereocenters. The number of pyridine rings is 1. The second-order valence-electron chi connectivity index (χ2n) is 4.79. The maximum Gasteiger partial charge on any atom is 0.251 e. The van der Waals surface area contributed by atoms with E-state index in [9.17, 15) is 9.59 Å². The maximum absolute atomic E-state index is 11.9. The van der Waals surface area contributed by atoms with Gasteiger partial charge in [-0.15, -0.1) is 0 Å². The second kappa shape index (κ2) is 4.58. The van der Waals surface area contributed by atoms with Crippen LogP contribution >= 0.6 is 12.2 Å². The van der Waals surface area contributed by atoms with Crippen molar-refractivity contribution in [2.75, 3.05) is 11.4 Å². The van der Waals surface area contributed by atoms with Gasteiger partial charge < -0.3 is 10.6 Å². The molecule has 6 nitrogen and oxygen atoms in total. The van der Waals surface area contributed by atoms with Gasteiger partial charge in [0.25, 0.3) is 5.91 Å². The van der Waals surface area contributed by atoms with Crippen molar-refractivity contribution in [3.8, 4) is 0 Å². The van der Waals surface area contributed by atoms with Crippen LogP contribution < -0.4 is 16.0 Å². The number of imide groups is 1. The molecule has 1 saturated heterocycles. The van der Waals surface area contributed by atoms with Crippen LogP contribution in [0.25, 0.3) is 0 Å². The normalized spacial score (nSPS) is 18.1. The Labute approximate surface area is 116 Å². The first-order valence-corrected chi connectivity index (χ1v) is 6.11. The third-order valence-electron chi connectivity index (χ3n) is 3.10. The molecule has 0 unspecified atom stereocenters. The fourth-order valence-corrected chi connectivity index (χ4v) is 2.01. The number of aromatic nitrogens is 1. The highest BCUT2D eigenvalue weighted by molar-refractivity contribution is 7.80. The molecule has 1 aromatic heterocycles. The van der Waals surface area contributed by atoms with Crippen LogP contribution in [0.4, 0.5) is 5.69 Å². The summed E-state index contributed by atoms with van der Waals surface area (Å²) in [4.78, 5) is 29.4. The van der Waals surface area contributed by atoms with E-state index in [1.807, 2.05) is 0 Å². The molecule has 100 valence electrons. The average Bonchev–Trinajstić information content (AvgIpc) is 2.34. The Morgan fingerprint density at radius 3 is 2.68 bits per heavy atom. The van der Waals surface area contributed by atoms with Gasteiger partial charge in [-0.2, -0.15) is 0 Å². The quantitative estimate of drug-likeness (QED) is 0.583. The summed E-state index contributed by atoms with van der Waals surface area (Å²) in [7, 11) is 0. The van der Waals surface area contributed by atoms with E-state index in [1.54, 1.807) is 37.1 Å². The van der Waals surface area contributed by atoms with Crippen LogP contribution in [0.15, 0.2) is 18.3 Å². The average molecular weight is 278 g/mol. The summed E-state index contributed by atoms with van der Waals surface area (Å²) in [6, 6.07) is 3.42. The molecular formula is C12H14N4O2S. The Balaban J connectivity index is 2.36. The van der Waals surface area contributed by atoms with Crippen LogP contribution in [0.3, 0.4) is 0 Å². The van der Waals surface area contributed by atoms with Gasteiger partial charge >= 0.3 is 0 Å². The van der Waals surface area contributed by atoms with Crippen molar-refractivity contribution in [1.29, 1.82) is 0 Å². The molecule has 2 amide bonds. The van der Waals surface area contributed by atoms with Gasteiger partial charge in [0.2, 0.25) is 5.91 Å². The molecule has 1 aromatic rings. The Morgan fingerprint density at radius 1 is 1.47 bits per heavy atom. The van der Waals surface area contributed by atoms with E-state index in [0.29, 0.717) is 11.4 Å². The molecule has 0 saturated carbocycles. The van der Waals surface area contributed by atoms with Crippen molar-refractivity contribution in [2.45, 2.75) is 19.4 Å². The monoisotopic (exact) mass is 278 g/mol. The second-order valence-corrected chi connectivity index (χ2v) is 5.23. The van der Waals surface area contributed by atoms with Crippen LogP contribution in [-0.2, 0) is 9.59 Å². The lowest BCUT2D eigenvalue weighted by Gasteiger charge is -2.41. The maximum atomic E-state index is 11.9. The first kappa shape index (κ1) is 13.4. The SMILES string of the molecule is CC1(C)C(=O)NC(=O)CN1c1ccc(C(N)=S)nc1. The van der Waals surface area contributed by atoms with Crippen LogP contribution in [0.2, 0.25) is 0 Å². The topological polar surface area (TPSA) is 88.3 Å². The van der Waals surface area contributed by atoms with Crippen molar-refractivity contribution in [1.82, 2.24) is 10.3 Å². The summed E-state index contributed by atoms with van der Waals surface area (Å²) in [6.45, 7) is 3.60. The number of anilines is 1. The zero-order chi connectivity index (χ0) is 14.2. The van der Waals surface area contributed by atoms with E-state index < -0.39 is 5.54 Å². The number of carbonyl (C=O) groups is 2. The molecule has 1 aliphatic heterocycles. The molecule has 7 heteroatoms. The van der Waals surface area contributed by atoms with E-state index in [2.05, 4.69) is 10.3 Å². The van der Waals surface area contributed by atoms with Crippen LogP contribution in [-0.4, -0.2) is 33.9 Å². The molecule has 3 N–H and O–H groups in total. The van der Waals surface area contributed by atoms with Gasteiger partial charge in [-0.05, 0) is 26.0 Å². The van der Waals surface area contributed by atoms with Crippen molar-refractivity contribution < 1.29 is 9.59 Å². The number of hydrogen-bond acceptors (Lipinski definition) is 5. The van der Waals surface area contributed by atoms with Crippen LogP contribution in [0.5, 0.6) is 0 Å².